The normalized spacial score (nSPS) is 23.2. The third-order valence-corrected chi connectivity index (χ3v) is 6.20. The summed E-state index contributed by atoms with van der Waals surface area (Å²) in [5, 5.41) is 0. The summed E-state index contributed by atoms with van der Waals surface area (Å²) in [5.41, 5.74) is 2.84. The van der Waals surface area contributed by atoms with Gasteiger partial charge in [-0.1, -0.05) is 12.1 Å². The highest BCUT2D eigenvalue weighted by Crippen LogP contribution is 2.45. The summed E-state index contributed by atoms with van der Waals surface area (Å²) in [4.78, 5) is 0. The van der Waals surface area contributed by atoms with Crippen LogP contribution in [0.5, 0.6) is 5.75 Å². The Bertz CT molecular complexity index is 422. The summed E-state index contributed by atoms with van der Waals surface area (Å²) >= 11 is 4.17. The van der Waals surface area contributed by atoms with Crippen LogP contribution in [0.3, 0.4) is 0 Å². The van der Waals surface area contributed by atoms with Gasteiger partial charge in [0.2, 0.25) is 0 Å². The van der Waals surface area contributed by atoms with Gasteiger partial charge in [0, 0.05) is 6.42 Å². The maximum Gasteiger partial charge on any atom is 0.123 e. The second-order valence-electron chi connectivity index (χ2n) is 5.33. The molecule has 2 aliphatic heterocycles. The van der Waals surface area contributed by atoms with E-state index >= 15 is 0 Å². The SMILES string of the molecule is CC1(C)Cc2cc(C3SCCCS3)ccc2O1. The third kappa shape index (κ3) is 2.45. The maximum absolute atomic E-state index is 5.92. The fourth-order valence-electron chi connectivity index (χ4n) is 2.46. The zero-order valence-electron chi connectivity index (χ0n) is 10.4. The van der Waals surface area contributed by atoms with Gasteiger partial charge in [0.1, 0.15) is 11.4 Å². The van der Waals surface area contributed by atoms with Crippen LogP contribution >= 0.6 is 23.5 Å². The summed E-state index contributed by atoms with van der Waals surface area (Å²) < 4.78 is 6.56. The minimum absolute atomic E-state index is 0.0200. The predicted molar refractivity (Wildman–Crippen MR) is 77.1 cm³/mol. The van der Waals surface area contributed by atoms with E-state index in [1.807, 2.05) is 0 Å². The fourth-order valence-corrected chi connectivity index (χ4v) is 5.33. The Labute approximate surface area is 112 Å². The molecular weight excluding hydrogens is 248 g/mol. The van der Waals surface area contributed by atoms with E-state index < -0.39 is 0 Å². The average Bonchev–Trinajstić information content (AvgIpc) is 2.63. The molecule has 17 heavy (non-hydrogen) atoms. The number of thioether (sulfide) groups is 2. The van der Waals surface area contributed by atoms with Crippen LogP contribution in [0.2, 0.25) is 0 Å². The highest BCUT2D eigenvalue weighted by atomic mass is 32.2. The van der Waals surface area contributed by atoms with Crippen molar-refractivity contribution in [1.29, 1.82) is 0 Å². The molecule has 0 N–H and O–H groups in total. The molecule has 1 fully saturated rings. The highest BCUT2D eigenvalue weighted by molar-refractivity contribution is 8.16. The first kappa shape index (κ1) is 11.8. The van der Waals surface area contributed by atoms with Crippen molar-refractivity contribution < 1.29 is 4.74 Å². The smallest absolute Gasteiger partial charge is 0.123 e. The quantitative estimate of drug-likeness (QED) is 0.751. The first-order chi connectivity index (χ1) is 8.14. The average molecular weight is 266 g/mol. The lowest BCUT2D eigenvalue weighted by Gasteiger charge is -2.21. The van der Waals surface area contributed by atoms with Crippen molar-refractivity contribution in [1.82, 2.24) is 0 Å². The zero-order chi connectivity index (χ0) is 11.9. The zero-order valence-corrected chi connectivity index (χ0v) is 12.0. The van der Waals surface area contributed by atoms with Gasteiger partial charge >= 0.3 is 0 Å². The van der Waals surface area contributed by atoms with Crippen molar-refractivity contribution >= 4 is 23.5 Å². The van der Waals surface area contributed by atoms with Gasteiger partial charge in [-0.2, -0.15) is 0 Å². The van der Waals surface area contributed by atoms with Crippen LogP contribution in [0, 0.1) is 0 Å². The Morgan fingerprint density at radius 2 is 2.00 bits per heavy atom. The summed E-state index contributed by atoms with van der Waals surface area (Å²) in [7, 11) is 0. The largest absolute Gasteiger partial charge is 0.487 e. The number of rotatable bonds is 1. The fraction of sp³-hybridized carbons (Fsp3) is 0.571. The predicted octanol–water partition coefficient (Wildman–Crippen LogP) is 4.27. The van der Waals surface area contributed by atoms with E-state index in [9.17, 15) is 0 Å². The topological polar surface area (TPSA) is 9.23 Å². The van der Waals surface area contributed by atoms with Gasteiger partial charge < -0.3 is 4.74 Å². The van der Waals surface area contributed by atoms with Gasteiger partial charge in [0.15, 0.2) is 0 Å². The number of hydrogen-bond donors (Lipinski definition) is 0. The monoisotopic (exact) mass is 266 g/mol. The number of benzene rings is 1. The van der Waals surface area contributed by atoms with Crippen molar-refractivity contribution in [3.8, 4) is 5.75 Å². The molecule has 0 unspecified atom stereocenters. The minimum atomic E-state index is -0.0200. The van der Waals surface area contributed by atoms with Crippen LogP contribution in [0.15, 0.2) is 18.2 Å². The number of ether oxygens (including phenoxy) is 1. The molecule has 0 bridgehead atoms. The van der Waals surface area contributed by atoms with Crippen molar-refractivity contribution in [2.24, 2.45) is 0 Å². The molecule has 0 aliphatic carbocycles. The lowest BCUT2D eigenvalue weighted by Crippen LogP contribution is -2.24. The Hall–Kier alpha value is -0.280. The summed E-state index contributed by atoms with van der Waals surface area (Å²) in [5.74, 6) is 3.69. The van der Waals surface area contributed by atoms with Crippen molar-refractivity contribution in [3.05, 3.63) is 29.3 Å². The Kier molecular flexibility index (Phi) is 3.07. The first-order valence-corrected chi connectivity index (χ1v) is 8.29. The molecule has 1 saturated heterocycles. The van der Waals surface area contributed by atoms with E-state index in [2.05, 4.69) is 55.6 Å². The summed E-state index contributed by atoms with van der Waals surface area (Å²) in [6, 6.07) is 6.77. The number of hydrogen-bond acceptors (Lipinski definition) is 3. The van der Waals surface area contributed by atoms with Crippen LogP contribution < -0.4 is 4.74 Å². The standard InChI is InChI=1S/C14H18OS2/c1-14(2)9-11-8-10(4-5-12(11)15-14)13-16-6-3-7-17-13/h4-5,8,13H,3,6-7,9H2,1-2H3. The summed E-state index contributed by atoms with van der Waals surface area (Å²) in [6.07, 6.45) is 2.39. The molecule has 92 valence electrons. The van der Waals surface area contributed by atoms with Gasteiger partial charge in [-0.15, -0.1) is 23.5 Å². The Morgan fingerprint density at radius 3 is 2.76 bits per heavy atom. The molecule has 0 radical (unpaired) electrons. The van der Waals surface area contributed by atoms with E-state index in [0.717, 1.165) is 12.2 Å². The molecule has 3 rings (SSSR count). The minimum Gasteiger partial charge on any atom is -0.487 e. The van der Waals surface area contributed by atoms with E-state index in [1.54, 1.807) is 0 Å². The lowest BCUT2D eigenvalue weighted by molar-refractivity contribution is 0.138. The molecule has 1 nitrogen and oxygen atoms in total. The Morgan fingerprint density at radius 1 is 1.24 bits per heavy atom. The molecule has 0 atom stereocenters. The van der Waals surface area contributed by atoms with Gasteiger partial charge in [-0.3, -0.25) is 0 Å². The van der Waals surface area contributed by atoms with Gasteiger partial charge in [-0.25, -0.2) is 0 Å². The molecule has 0 amide bonds. The molecule has 0 saturated carbocycles. The van der Waals surface area contributed by atoms with Crippen molar-refractivity contribution in [3.63, 3.8) is 0 Å². The Balaban J connectivity index is 1.85. The molecule has 3 heteroatoms. The molecule has 0 aromatic heterocycles. The van der Waals surface area contributed by atoms with Crippen LogP contribution in [0.25, 0.3) is 0 Å². The van der Waals surface area contributed by atoms with E-state index in [0.29, 0.717) is 4.58 Å². The van der Waals surface area contributed by atoms with Crippen molar-refractivity contribution in [2.45, 2.75) is 36.9 Å². The molecule has 0 spiro atoms. The highest BCUT2D eigenvalue weighted by Gasteiger charge is 2.30. The van der Waals surface area contributed by atoms with Crippen LogP contribution in [-0.2, 0) is 6.42 Å². The van der Waals surface area contributed by atoms with Gasteiger partial charge in [0.05, 0.1) is 4.58 Å². The van der Waals surface area contributed by atoms with E-state index in [1.165, 1.54) is 29.1 Å². The molecular formula is C14H18OS2. The lowest BCUT2D eigenvalue weighted by atomic mass is 10.0. The second-order valence-corrected chi connectivity index (χ2v) is 8.06. The van der Waals surface area contributed by atoms with Crippen molar-refractivity contribution in [2.75, 3.05) is 11.5 Å². The van der Waals surface area contributed by atoms with E-state index in [4.69, 9.17) is 4.74 Å². The first-order valence-electron chi connectivity index (χ1n) is 6.19. The van der Waals surface area contributed by atoms with Crippen LogP contribution in [0.4, 0.5) is 0 Å². The molecule has 1 aromatic rings. The van der Waals surface area contributed by atoms with Crippen LogP contribution in [0.1, 0.15) is 36.0 Å². The second kappa shape index (κ2) is 4.43. The molecule has 1 aromatic carbocycles. The van der Waals surface area contributed by atoms with Crippen LogP contribution in [-0.4, -0.2) is 17.1 Å². The summed E-state index contributed by atoms with van der Waals surface area (Å²) in [6.45, 7) is 4.33. The molecule has 2 heterocycles. The number of fused-ring (bicyclic) bond motifs is 1. The maximum atomic E-state index is 5.92. The third-order valence-electron chi connectivity index (χ3n) is 3.19. The van der Waals surface area contributed by atoms with Gasteiger partial charge in [-0.05, 0) is 49.0 Å². The van der Waals surface area contributed by atoms with E-state index in [-0.39, 0.29) is 5.60 Å². The van der Waals surface area contributed by atoms with Gasteiger partial charge in [0.25, 0.3) is 0 Å². The molecule has 2 aliphatic rings.